The summed E-state index contributed by atoms with van der Waals surface area (Å²) in [6.45, 7) is 13.6. The maximum absolute atomic E-state index is 9.71. The fourth-order valence-corrected chi connectivity index (χ4v) is 8.22. The van der Waals surface area contributed by atoms with E-state index in [1.807, 2.05) is 48.5 Å². The van der Waals surface area contributed by atoms with Crippen LogP contribution in [0.25, 0.3) is 55.0 Å². The first-order chi connectivity index (χ1) is 27.4. The van der Waals surface area contributed by atoms with Gasteiger partial charge in [-0.1, -0.05) is 90.1 Å². The second-order valence-electron chi connectivity index (χ2n) is 17.0. The Labute approximate surface area is 333 Å². The Morgan fingerprint density at radius 1 is 0.404 bits per heavy atom. The second-order valence-corrected chi connectivity index (χ2v) is 17.0. The van der Waals surface area contributed by atoms with Gasteiger partial charge in [-0.2, -0.15) is 10.5 Å². The highest BCUT2D eigenvalue weighted by atomic mass is 15.1. The molecule has 0 aliphatic rings. The van der Waals surface area contributed by atoms with E-state index in [0.29, 0.717) is 11.1 Å². The standard InChI is InChI=1S/C52H43N5/c1-51(2,3)36-19-25-49-45(27-36)43-11-7-9-13-47(43)56(49)41-29-40(55(38-21-15-34(32-53)16-22-38)39-23-17-35(33-54)18-24-39)30-42(31-41)57-48-14-10-8-12-44(48)46-28-37(52(4,5)6)20-26-50(46)57/h7-31H,1-6H3. The van der Waals surface area contributed by atoms with Crippen LogP contribution in [-0.4, -0.2) is 9.13 Å². The molecule has 0 bridgehead atoms. The average Bonchev–Trinajstić information content (AvgIpc) is 3.73. The molecule has 9 aromatic rings. The van der Waals surface area contributed by atoms with Gasteiger partial charge in [0.15, 0.2) is 0 Å². The van der Waals surface area contributed by atoms with Gasteiger partial charge in [-0.3, -0.25) is 0 Å². The van der Waals surface area contributed by atoms with Crippen molar-refractivity contribution < 1.29 is 0 Å². The third-order valence-electron chi connectivity index (χ3n) is 11.2. The van der Waals surface area contributed by atoms with Crippen LogP contribution in [0.15, 0.2) is 152 Å². The number of fused-ring (bicyclic) bond motifs is 6. The summed E-state index contributed by atoms with van der Waals surface area (Å²) in [5.74, 6) is 0. The van der Waals surface area contributed by atoms with Gasteiger partial charge in [-0.15, -0.1) is 0 Å². The molecule has 0 atom stereocenters. The van der Waals surface area contributed by atoms with Gasteiger partial charge in [0, 0.05) is 32.9 Å². The number of anilines is 3. The zero-order valence-corrected chi connectivity index (χ0v) is 33.2. The third kappa shape index (κ3) is 6.10. The molecule has 0 fully saturated rings. The van der Waals surface area contributed by atoms with Gasteiger partial charge in [-0.25, -0.2) is 0 Å². The molecule has 0 saturated heterocycles. The van der Waals surface area contributed by atoms with Crippen molar-refractivity contribution >= 4 is 60.7 Å². The van der Waals surface area contributed by atoms with E-state index >= 15 is 0 Å². The molecule has 5 nitrogen and oxygen atoms in total. The molecule has 0 aliphatic carbocycles. The van der Waals surface area contributed by atoms with Gasteiger partial charge >= 0.3 is 0 Å². The molecular formula is C52H43N5. The minimum absolute atomic E-state index is 0.00341. The van der Waals surface area contributed by atoms with Gasteiger partial charge in [0.1, 0.15) is 0 Å². The van der Waals surface area contributed by atoms with Crippen LogP contribution in [0.1, 0.15) is 63.8 Å². The van der Waals surface area contributed by atoms with Gasteiger partial charge < -0.3 is 14.0 Å². The molecule has 276 valence electrons. The Morgan fingerprint density at radius 3 is 1.18 bits per heavy atom. The summed E-state index contributed by atoms with van der Waals surface area (Å²) in [6.07, 6.45) is 0. The Kier molecular flexibility index (Phi) is 8.31. The van der Waals surface area contributed by atoms with Crippen molar-refractivity contribution in [2.24, 2.45) is 0 Å². The Bertz CT molecular complexity index is 2890. The van der Waals surface area contributed by atoms with Crippen molar-refractivity contribution in [2.45, 2.75) is 52.4 Å². The number of para-hydroxylation sites is 2. The number of nitrogens with zero attached hydrogens (tertiary/aromatic N) is 5. The highest BCUT2D eigenvalue weighted by Gasteiger charge is 2.23. The summed E-state index contributed by atoms with van der Waals surface area (Å²) < 4.78 is 4.79. The first-order valence-corrected chi connectivity index (χ1v) is 19.5. The smallest absolute Gasteiger partial charge is 0.0991 e. The highest BCUT2D eigenvalue weighted by molar-refractivity contribution is 6.11. The topological polar surface area (TPSA) is 60.7 Å². The molecule has 5 heteroatoms. The largest absolute Gasteiger partial charge is 0.310 e. The molecule has 2 heterocycles. The van der Waals surface area contributed by atoms with Gasteiger partial charge in [-0.05, 0) is 125 Å². The summed E-state index contributed by atoms with van der Waals surface area (Å²) in [5, 5.41) is 24.3. The fraction of sp³-hybridized carbons (Fsp3) is 0.154. The summed E-state index contributed by atoms with van der Waals surface area (Å²) in [5.41, 5.74) is 13.0. The lowest BCUT2D eigenvalue weighted by Crippen LogP contribution is -2.12. The van der Waals surface area contributed by atoms with Crippen LogP contribution >= 0.6 is 0 Å². The lowest BCUT2D eigenvalue weighted by Gasteiger charge is -2.27. The van der Waals surface area contributed by atoms with E-state index < -0.39 is 0 Å². The molecule has 57 heavy (non-hydrogen) atoms. The quantitative estimate of drug-likeness (QED) is 0.177. The van der Waals surface area contributed by atoms with Crippen LogP contribution in [0.3, 0.4) is 0 Å². The van der Waals surface area contributed by atoms with Crippen LogP contribution in [0.5, 0.6) is 0 Å². The van der Waals surface area contributed by atoms with Crippen molar-refractivity contribution in [2.75, 3.05) is 4.90 Å². The Morgan fingerprint density at radius 2 is 0.789 bits per heavy atom. The molecule has 0 saturated carbocycles. The van der Waals surface area contributed by atoms with Crippen LogP contribution in [0.2, 0.25) is 0 Å². The fourth-order valence-electron chi connectivity index (χ4n) is 8.22. The van der Waals surface area contributed by atoms with Gasteiger partial charge in [0.05, 0.1) is 62.4 Å². The maximum atomic E-state index is 9.71. The number of nitriles is 2. The minimum Gasteiger partial charge on any atom is -0.310 e. The zero-order chi connectivity index (χ0) is 39.6. The molecule has 7 aromatic carbocycles. The van der Waals surface area contributed by atoms with Crippen LogP contribution in [0, 0.1) is 22.7 Å². The van der Waals surface area contributed by atoms with E-state index in [1.165, 1.54) is 32.7 Å². The highest BCUT2D eigenvalue weighted by Crippen LogP contribution is 2.42. The average molecular weight is 738 g/mol. The van der Waals surface area contributed by atoms with E-state index in [9.17, 15) is 10.5 Å². The Balaban J connectivity index is 1.40. The van der Waals surface area contributed by atoms with Crippen molar-refractivity contribution in [3.8, 4) is 23.5 Å². The van der Waals surface area contributed by atoms with Gasteiger partial charge in [0.2, 0.25) is 0 Å². The number of hydrogen-bond acceptors (Lipinski definition) is 3. The molecule has 2 aromatic heterocycles. The number of rotatable bonds is 5. The Hall–Kier alpha value is -7.08. The van der Waals surface area contributed by atoms with Crippen molar-refractivity contribution in [1.82, 2.24) is 9.13 Å². The van der Waals surface area contributed by atoms with E-state index in [4.69, 9.17) is 0 Å². The van der Waals surface area contributed by atoms with Crippen LogP contribution in [0.4, 0.5) is 17.1 Å². The van der Waals surface area contributed by atoms with Crippen LogP contribution in [-0.2, 0) is 10.8 Å². The van der Waals surface area contributed by atoms with Crippen molar-refractivity contribution in [1.29, 1.82) is 10.5 Å². The third-order valence-corrected chi connectivity index (χ3v) is 11.2. The van der Waals surface area contributed by atoms with Crippen LogP contribution < -0.4 is 4.90 Å². The second kappa shape index (κ2) is 13.3. The van der Waals surface area contributed by atoms with Crippen molar-refractivity contribution in [3.05, 3.63) is 174 Å². The monoisotopic (exact) mass is 737 g/mol. The SMILES string of the molecule is CC(C)(C)c1ccc2c(c1)c1ccccc1n2-c1cc(N(c2ccc(C#N)cc2)c2ccc(C#N)cc2)cc(-n2c3ccccc3c3cc(C(C)(C)C)ccc32)c1. The summed E-state index contributed by atoms with van der Waals surface area (Å²) in [6, 6.07) is 57.9. The predicted octanol–water partition coefficient (Wildman–Crippen LogP) is 13.7. The molecule has 9 rings (SSSR count). The molecule has 0 aliphatic heterocycles. The zero-order valence-electron chi connectivity index (χ0n) is 33.2. The number of aromatic nitrogens is 2. The van der Waals surface area contributed by atoms with E-state index in [2.05, 4.69) is 171 Å². The summed E-state index contributed by atoms with van der Waals surface area (Å²) in [7, 11) is 0. The molecule has 0 radical (unpaired) electrons. The first-order valence-electron chi connectivity index (χ1n) is 19.5. The lowest BCUT2D eigenvalue weighted by atomic mass is 9.86. The van der Waals surface area contributed by atoms with E-state index in [0.717, 1.165) is 50.5 Å². The predicted molar refractivity (Wildman–Crippen MR) is 237 cm³/mol. The molecule has 0 unspecified atom stereocenters. The lowest BCUT2D eigenvalue weighted by molar-refractivity contribution is 0.591. The molecule has 0 N–H and O–H groups in total. The maximum Gasteiger partial charge on any atom is 0.0991 e. The van der Waals surface area contributed by atoms with E-state index in [1.54, 1.807) is 0 Å². The van der Waals surface area contributed by atoms with Gasteiger partial charge in [0.25, 0.3) is 0 Å². The number of hydrogen-bond donors (Lipinski definition) is 0. The van der Waals surface area contributed by atoms with Crippen molar-refractivity contribution in [3.63, 3.8) is 0 Å². The number of benzene rings is 7. The molecular weight excluding hydrogens is 695 g/mol. The summed E-state index contributed by atoms with van der Waals surface area (Å²) >= 11 is 0. The summed E-state index contributed by atoms with van der Waals surface area (Å²) in [4.78, 5) is 2.21. The van der Waals surface area contributed by atoms with E-state index in [-0.39, 0.29) is 10.8 Å². The molecule has 0 amide bonds. The first kappa shape index (κ1) is 35.6. The minimum atomic E-state index is -0.00341. The molecule has 0 spiro atoms. The normalized spacial score (nSPS) is 12.0.